The summed E-state index contributed by atoms with van der Waals surface area (Å²) in [6.07, 6.45) is 0.900. The highest BCUT2D eigenvalue weighted by atomic mass is 32.1. The molecular weight excluding hydrogens is 296 g/mol. The molecule has 2 aromatic carbocycles. The van der Waals surface area contributed by atoms with Crippen molar-refractivity contribution in [3.05, 3.63) is 58.5 Å². The van der Waals surface area contributed by atoms with Crippen molar-refractivity contribution in [2.45, 2.75) is 13.5 Å². The molecule has 1 aromatic heterocycles. The number of rotatable bonds is 5. The maximum Gasteiger partial charge on any atom is 0.162 e. The molecule has 0 unspecified atom stereocenters. The van der Waals surface area contributed by atoms with Crippen LogP contribution in [0.15, 0.2) is 42.5 Å². The third-order valence-electron chi connectivity index (χ3n) is 3.60. The molecule has 0 fully saturated rings. The summed E-state index contributed by atoms with van der Waals surface area (Å²) in [6, 6.07) is 13.9. The molecule has 3 nitrogen and oxygen atoms in total. The Bertz CT molecular complexity index is 806. The van der Waals surface area contributed by atoms with Gasteiger partial charge in [-0.2, -0.15) is 0 Å². The topological polar surface area (TPSA) is 35.5 Å². The Morgan fingerprint density at radius 2 is 1.91 bits per heavy atom. The second-order valence-corrected chi connectivity index (χ2v) is 6.07. The van der Waals surface area contributed by atoms with Crippen LogP contribution in [0.1, 0.15) is 20.8 Å². The maximum atomic E-state index is 11.1. The van der Waals surface area contributed by atoms with Crippen molar-refractivity contribution in [1.82, 2.24) is 0 Å². The van der Waals surface area contributed by atoms with Gasteiger partial charge in [0.05, 0.1) is 12.0 Å². The van der Waals surface area contributed by atoms with Crippen LogP contribution in [-0.4, -0.2) is 13.4 Å². The Kier molecular flexibility index (Phi) is 4.11. The highest BCUT2D eigenvalue weighted by Crippen LogP contribution is 2.38. The molecule has 0 aliphatic heterocycles. The van der Waals surface area contributed by atoms with Gasteiger partial charge in [0.2, 0.25) is 0 Å². The SMILES string of the molecule is COc1cc2sc(C=O)c(C)c2cc1OCc1ccccc1. The zero-order valence-electron chi connectivity index (χ0n) is 12.5. The van der Waals surface area contributed by atoms with Crippen LogP contribution in [0.3, 0.4) is 0 Å². The fraction of sp³-hybridized carbons (Fsp3) is 0.167. The van der Waals surface area contributed by atoms with E-state index >= 15 is 0 Å². The molecule has 0 spiro atoms. The minimum atomic E-state index is 0.479. The molecular formula is C18H16O3S. The number of hydrogen-bond donors (Lipinski definition) is 0. The van der Waals surface area contributed by atoms with Crippen LogP contribution < -0.4 is 9.47 Å². The highest BCUT2D eigenvalue weighted by Gasteiger charge is 2.13. The Balaban J connectivity index is 1.97. The van der Waals surface area contributed by atoms with Crippen LogP contribution in [0.25, 0.3) is 10.1 Å². The standard InChI is InChI=1S/C18H16O3S/c1-12-14-8-16(21-11-13-6-4-3-5-7-13)15(20-2)9-17(14)22-18(12)10-19/h3-10H,11H2,1-2H3. The van der Waals surface area contributed by atoms with Crippen LogP contribution in [0.5, 0.6) is 11.5 Å². The Morgan fingerprint density at radius 3 is 2.59 bits per heavy atom. The summed E-state index contributed by atoms with van der Waals surface area (Å²) in [6.45, 7) is 2.43. The van der Waals surface area contributed by atoms with Gasteiger partial charge in [-0.15, -0.1) is 11.3 Å². The molecule has 4 heteroatoms. The number of ether oxygens (including phenoxy) is 2. The molecule has 0 aliphatic carbocycles. The minimum absolute atomic E-state index is 0.479. The van der Waals surface area contributed by atoms with Gasteiger partial charge < -0.3 is 9.47 Å². The van der Waals surface area contributed by atoms with E-state index < -0.39 is 0 Å². The van der Waals surface area contributed by atoms with Crippen LogP contribution in [0.4, 0.5) is 0 Å². The molecule has 0 aliphatic rings. The first-order valence-electron chi connectivity index (χ1n) is 6.96. The predicted molar refractivity (Wildman–Crippen MR) is 89.3 cm³/mol. The number of methoxy groups -OCH3 is 1. The monoisotopic (exact) mass is 312 g/mol. The van der Waals surface area contributed by atoms with Gasteiger partial charge in [-0.3, -0.25) is 4.79 Å². The summed E-state index contributed by atoms with van der Waals surface area (Å²) < 4.78 is 12.4. The van der Waals surface area contributed by atoms with Gasteiger partial charge >= 0.3 is 0 Å². The van der Waals surface area contributed by atoms with Gasteiger partial charge in [0.1, 0.15) is 6.61 Å². The maximum absolute atomic E-state index is 11.1. The molecule has 0 saturated carbocycles. The second kappa shape index (κ2) is 6.20. The zero-order chi connectivity index (χ0) is 15.5. The number of thiophene rings is 1. The molecule has 3 aromatic rings. The first kappa shape index (κ1) is 14.6. The quantitative estimate of drug-likeness (QED) is 0.645. The van der Waals surface area contributed by atoms with Crippen molar-refractivity contribution >= 4 is 27.7 Å². The molecule has 1 heterocycles. The van der Waals surface area contributed by atoms with Gasteiger partial charge in [0.15, 0.2) is 17.8 Å². The third kappa shape index (κ3) is 2.70. The molecule has 3 rings (SSSR count). The van der Waals surface area contributed by atoms with Gasteiger partial charge in [-0.05, 0) is 24.1 Å². The summed E-state index contributed by atoms with van der Waals surface area (Å²) >= 11 is 1.47. The van der Waals surface area contributed by atoms with Crippen molar-refractivity contribution in [1.29, 1.82) is 0 Å². The van der Waals surface area contributed by atoms with Crippen molar-refractivity contribution in [2.24, 2.45) is 0 Å². The summed E-state index contributed by atoms with van der Waals surface area (Å²) in [5.41, 5.74) is 2.09. The lowest BCUT2D eigenvalue weighted by Crippen LogP contribution is -1.97. The van der Waals surface area contributed by atoms with E-state index in [4.69, 9.17) is 9.47 Å². The fourth-order valence-electron chi connectivity index (χ4n) is 2.37. The van der Waals surface area contributed by atoms with E-state index in [1.54, 1.807) is 7.11 Å². The van der Waals surface area contributed by atoms with E-state index in [1.165, 1.54) is 11.3 Å². The molecule has 0 radical (unpaired) electrons. The number of aldehydes is 1. The number of hydrogen-bond acceptors (Lipinski definition) is 4. The van der Waals surface area contributed by atoms with E-state index in [0.29, 0.717) is 18.1 Å². The van der Waals surface area contributed by atoms with Crippen molar-refractivity contribution in [3.63, 3.8) is 0 Å². The number of fused-ring (bicyclic) bond motifs is 1. The number of benzene rings is 2. The summed E-state index contributed by atoms with van der Waals surface area (Å²) in [5.74, 6) is 1.37. The Hall–Kier alpha value is -2.33. The average Bonchev–Trinajstić information content (AvgIpc) is 2.88. The molecule has 0 atom stereocenters. The van der Waals surface area contributed by atoms with Crippen LogP contribution in [-0.2, 0) is 6.61 Å². The van der Waals surface area contributed by atoms with E-state index in [9.17, 15) is 4.79 Å². The van der Waals surface area contributed by atoms with Crippen LogP contribution in [0, 0.1) is 6.92 Å². The lowest BCUT2D eigenvalue weighted by molar-refractivity contribution is 0.112. The van der Waals surface area contributed by atoms with Crippen LogP contribution >= 0.6 is 11.3 Å². The fourth-order valence-corrected chi connectivity index (χ4v) is 3.40. The first-order chi connectivity index (χ1) is 10.7. The molecule has 0 saturated heterocycles. The van der Waals surface area contributed by atoms with Crippen molar-refractivity contribution < 1.29 is 14.3 Å². The smallest absolute Gasteiger partial charge is 0.162 e. The lowest BCUT2D eigenvalue weighted by Gasteiger charge is -2.11. The van der Waals surface area contributed by atoms with Gasteiger partial charge in [0.25, 0.3) is 0 Å². The Labute approximate surface area is 133 Å². The number of carbonyl (C=O) groups is 1. The predicted octanol–water partition coefficient (Wildman–Crippen LogP) is 4.61. The zero-order valence-corrected chi connectivity index (χ0v) is 13.3. The summed E-state index contributed by atoms with van der Waals surface area (Å²) in [7, 11) is 1.62. The molecule has 22 heavy (non-hydrogen) atoms. The van der Waals surface area contributed by atoms with Crippen molar-refractivity contribution in [3.8, 4) is 11.5 Å². The average molecular weight is 312 g/mol. The highest BCUT2D eigenvalue weighted by molar-refractivity contribution is 7.20. The largest absolute Gasteiger partial charge is 0.493 e. The number of aryl methyl sites for hydroxylation is 1. The normalized spacial score (nSPS) is 10.6. The van der Waals surface area contributed by atoms with Crippen LogP contribution in [0.2, 0.25) is 0 Å². The summed E-state index contributed by atoms with van der Waals surface area (Å²) in [4.78, 5) is 11.8. The minimum Gasteiger partial charge on any atom is -0.493 e. The van der Waals surface area contributed by atoms with Gasteiger partial charge in [-0.25, -0.2) is 0 Å². The lowest BCUT2D eigenvalue weighted by atomic mass is 10.1. The van der Waals surface area contributed by atoms with E-state index in [2.05, 4.69) is 0 Å². The number of carbonyl (C=O) groups excluding carboxylic acids is 1. The van der Waals surface area contributed by atoms with Crippen molar-refractivity contribution in [2.75, 3.05) is 7.11 Å². The first-order valence-corrected chi connectivity index (χ1v) is 7.77. The third-order valence-corrected chi connectivity index (χ3v) is 4.78. The van der Waals surface area contributed by atoms with Gasteiger partial charge in [-0.1, -0.05) is 30.3 Å². The molecule has 112 valence electrons. The van der Waals surface area contributed by atoms with E-state index in [0.717, 1.165) is 32.4 Å². The second-order valence-electron chi connectivity index (χ2n) is 4.98. The molecule has 0 N–H and O–H groups in total. The summed E-state index contributed by atoms with van der Waals surface area (Å²) in [5, 5.41) is 1.04. The molecule has 0 amide bonds. The Morgan fingerprint density at radius 1 is 1.14 bits per heavy atom. The van der Waals surface area contributed by atoms with E-state index in [1.807, 2.05) is 49.4 Å². The van der Waals surface area contributed by atoms with Gasteiger partial charge in [0, 0.05) is 16.2 Å². The van der Waals surface area contributed by atoms with E-state index in [-0.39, 0.29) is 0 Å². The molecule has 0 bridgehead atoms.